The highest BCUT2D eigenvalue weighted by molar-refractivity contribution is 5.73. The number of alkyl halides is 3. The average molecular weight is 332 g/mol. The summed E-state index contributed by atoms with van der Waals surface area (Å²) >= 11 is 0. The highest BCUT2D eigenvalue weighted by Crippen LogP contribution is 2.23. The smallest absolute Gasteiger partial charge is 0.350 e. The second kappa shape index (κ2) is 8.16. The van der Waals surface area contributed by atoms with Gasteiger partial charge in [-0.25, -0.2) is 15.1 Å². The third-order valence-corrected chi connectivity index (χ3v) is 3.40. The van der Waals surface area contributed by atoms with E-state index in [4.69, 9.17) is 9.57 Å². The van der Waals surface area contributed by atoms with Gasteiger partial charge in [-0.05, 0) is 18.4 Å². The highest BCUT2D eigenvalue weighted by Gasteiger charge is 2.40. The lowest BCUT2D eigenvalue weighted by atomic mass is 10.1. The van der Waals surface area contributed by atoms with Crippen LogP contribution in [0.1, 0.15) is 24.8 Å². The molecule has 5 nitrogen and oxygen atoms in total. The molecule has 128 valence electrons. The van der Waals surface area contributed by atoms with E-state index >= 15 is 0 Å². The molecular weight excluding hydrogens is 313 g/mol. The number of amides is 2. The van der Waals surface area contributed by atoms with E-state index < -0.39 is 24.5 Å². The molecule has 0 saturated carbocycles. The molecule has 8 heteroatoms. The summed E-state index contributed by atoms with van der Waals surface area (Å²) in [7, 11) is 0. The molecule has 0 spiro atoms. The number of hydrogen-bond acceptors (Lipinski definition) is 3. The van der Waals surface area contributed by atoms with Gasteiger partial charge in [0.1, 0.15) is 6.04 Å². The van der Waals surface area contributed by atoms with Crippen LogP contribution in [0.3, 0.4) is 0 Å². The first-order valence-electron chi connectivity index (χ1n) is 7.39. The third-order valence-electron chi connectivity index (χ3n) is 3.40. The van der Waals surface area contributed by atoms with Crippen LogP contribution in [0.25, 0.3) is 0 Å². The second-order valence-corrected chi connectivity index (χ2v) is 5.27. The maximum absolute atomic E-state index is 13.1. The van der Waals surface area contributed by atoms with E-state index in [9.17, 15) is 18.0 Å². The summed E-state index contributed by atoms with van der Waals surface area (Å²) in [6.07, 6.45) is -3.15. The molecule has 0 bridgehead atoms. The fraction of sp³-hybridized carbons (Fsp3) is 0.533. The molecule has 2 amide bonds. The summed E-state index contributed by atoms with van der Waals surface area (Å²) in [5, 5.41) is 1.89. The summed E-state index contributed by atoms with van der Waals surface area (Å²) in [4.78, 5) is 16.6. The number of nitrogens with one attached hydrogen (secondary N) is 2. The molecule has 1 aliphatic heterocycles. The Kier molecular flexibility index (Phi) is 6.23. The van der Waals surface area contributed by atoms with E-state index in [2.05, 4.69) is 0 Å². The minimum absolute atomic E-state index is 0.350. The Morgan fingerprint density at radius 1 is 1.30 bits per heavy atom. The zero-order valence-corrected chi connectivity index (χ0v) is 12.4. The summed E-state index contributed by atoms with van der Waals surface area (Å²) < 4.78 is 44.4. The van der Waals surface area contributed by atoms with Crippen LogP contribution < -0.4 is 10.8 Å². The fourth-order valence-corrected chi connectivity index (χ4v) is 2.21. The molecule has 1 heterocycles. The molecular formula is C15H19F3N2O3. The molecule has 0 aliphatic carbocycles. The van der Waals surface area contributed by atoms with Crippen molar-refractivity contribution in [3.05, 3.63) is 35.9 Å². The van der Waals surface area contributed by atoms with Gasteiger partial charge >= 0.3 is 12.2 Å². The number of benzene rings is 1. The van der Waals surface area contributed by atoms with Gasteiger partial charge in [-0.1, -0.05) is 30.3 Å². The van der Waals surface area contributed by atoms with E-state index in [1.165, 1.54) is 0 Å². The maximum Gasteiger partial charge on any atom is 0.408 e. The Morgan fingerprint density at radius 3 is 2.65 bits per heavy atom. The number of halogens is 3. The van der Waals surface area contributed by atoms with Gasteiger partial charge in [0.15, 0.2) is 6.29 Å². The molecule has 2 atom stereocenters. The van der Waals surface area contributed by atoms with Gasteiger partial charge in [-0.2, -0.15) is 13.2 Å². The normalized spacial score (nSPS) is 19.9. The monoisotopic (exact) mass is 332 g/mol. The molecule has 0 aromatic heterocycles. The summed E-state index contributed by atoms with van der Waals surface area (Å²) in [6, 6.07) is 5.11. The number of hydroxylamine groups is 1. The summed E-state index contributed by atoms with van der Waals surface area (Å²) in [5.74, 6) is 0. The third kappa shape index (κ3) is 6.07. The lowest BCUT2D eigenvalue weighted by molar-refractivity contribution is -0.187. The predicted molar refractivity (Wildman–Crippen MR) is 76.3 cm³/mol. The minimum Gasteiger partial charge on any atom is -0.350 e. The van der Waals surface area contributed by atoms with Crippen LogP contribution in [0, 0.1) is 0 Å². The fourth-order valence-electron chi connectivity index (χ4n) is 2.21. The molecule has 1 aromatic rings. The Hall–Kier alpha value is -1.80. The average Bonchev–Trinajstić information content (AvgIpc) is 2.53. The first-order valence-corrected chi connectivity index (χ1v) is 7.39. The van der Waals surface area contributed by atoms with Crippen molar-refractivity contribution in [2.75, 3.05) is 6.61 Å². The van der Waals surface area contributed by atoms with Crippen LogP contribution in [0.5, 0.6) is 0 Å². The van der Waals surface area contributed by atoms with Gasteiger partial charge in [0.05, 0.1) is 0 Å². The first-order chi connectivity index (χ1) is 10.9. The van der Waals surface area contributed by atoms with Gasteiger partial charge in [0, 0.05) is 19.4 Å². The molecule has 1 saturated heterocycles. The van der Waals surface area contributed by atoms with Crippen LogP contribution in [-0.2, 0) is 16.0 Å². The van der Waals surface area contributed by atoms with Crippen LogP contribution in [0.4, 0.5) is 18.0 Å². The number of rotatable bonds is 5. The molecule has 1 aliphatic rings. The Labute approximate surface area is 132 Å². The molecule has 0 radical (unpaired) electrons. The summed E-state index contributed by atoms with van der Waals surface area (Å²) in [6.45, 7) is 0.507. The van der Waals surface area contributed by atoms with E-state index in [0.717, 1.165) is 12.8 Å². The van der Waals surface area contributed by atoms with Crippen molar-refractivity contribution in [2.45, 2.75) is 44.2 Å². The van der Waals surface area contributed by atoms with Crippen LogP contribution in [0.15, 0.2) is 30.3 Å². The number of carbonyl (C=O) groups excluding carboxylic acids is 1. The maximum atomic E-state index is 13.1. The van der Waals surface area contributed by atoms with Crippen molar-refractivity contribution in [3.63, 3.8) is 0 Å². The molecule has 1 aromatic carbocycles. The zero-order chi connectivity index (χ0) is 16.7. The SMILES string of the molecule is O=C(NO[C@@H]1CCCCO1)N[C@H](Cc1ccccc1)C(F)(F)F. The van der Waals surface area contributed by atoms with Crippen LogP contribution in [0.2, 0.25) is 0 Å². The van der Waals surface area contributed by atoms with Crippen LogP contribution >= 0.6 is 0 Å². The molecule has 1 fully saturated rings. The van der Waals surface area contributed by atoms with Crippen LogP contribution in [-0.4, -0.2) is 31.1 Å². The van der Waals surface area contributed by atoms with Gasteiger partial charge in [0.25, 0.3) is 0 Å². The van der Waals surface area contributed by atoms with Crippen molar-refractivity contribution in [1.82, 2.24) is 10.8 Å². The first kappa shape index (κ1) is 17.6. The Morgan fingerprint density at radius 2 is 2.04 bits per heavy atom. The van der Waals surface area contributed by atoms with Crippen molar-refractivity contribution in [2.24, 2.45) is 0 Å². The number of urea groups is 1. The van der Waals surface area contributed by atoms with Gasteiger partial charge in [-0.3, -0.25) is 0 Å². The van der Waals surface area contributed by atoms with Crippen molar-refractivity contribution >= 4 is 6.03 Å². The van der Waals surface area contributed by atoms with Gasteiger partial charge in [0.2, 0.25) is 0 Å². The molecule has 0 unspecified atom stereocenters. The topological polar surface area (TPSA) is 59.6 Å². The van der Waals surface area contributed by atoms with Crippen molar-refractivity contribution in [3.8, 4) is 0 Å². The lowest BCUT2D eigenvalue weighted by Crippen LogP contribution is -2.51. The lowest BCUT2D eigenvalue weighted by Gasteiger charge is -2.24. The Balaban J connectivity index is 1.85. The highest BCUT2D eigenvalue weighted by atomic mass is 19.4. The van der Waals surface area contributed by atoms with E-state index in [0.29, 0.717) is 18.6 Å². The van der Waals surface area contributed by atoms with Gasteiger partial charge in [-0.15, -0.1) is 0 Å². The quantitative estimate of drug-likeness (QED) is 0.815. The molecule has 23 heavy (non-hydrogen) atoms. The zero-order valence-electron chi connectivity index (χ0n) is 12.4. The van der Waals surface area contributed by atoms with Crippen molar-refractivity contribution < 1.29 is 27.5 Å². The van der Waals surface area contributed by atoms with Gasteiger partial charge < -0.3 is 10.1 Å². The standard InChI is InChI=1S/C15H19F3N2O3/c16-15(17,18)12(10-11-6-2-1-3-7-11)19-14(21)20-23-13-8-4-5-9-22-13/h1-3,6-7,12-13H,4-5,8-10H2,(H2,19,20,21)/t12-,13-/m1/s1. The minimum atomic E-state index is -4.56. The van der Waals surface area contributed by atoms with E-state index in [1.54, 1.807) is 30.3 Å². The largest absolute Gasteiger partial charge is 0.408 e. The number of ether oxygens (including phenoxy) is 1. The number of carbonyl (C=O) groups is 1. The van der Waals surface area contributed by atoms with E-state index in [-0.39, 0.29) is 6.42 Å². The van der Waals surface area contributed by atoms with Crippen molar-refractivity contribution in [1.29, 1.82) is 0 Å². The Bertz CT molecular complexity index is 490. The predicted octanol–water partition coefficient (Wildman–Crippen LogP) is 2.92. The molecule has 2 rings (SSSR count). The number of hydrogen-bond donors (Lipinski definition) is 2. The second-order valence-electron chi connectivity index (χ2n) is 5.27. The van der Waals surface area contributed by atoms with E-state index in [1.807, 2.05) is 10.8 Å². The summed E-state index contributed by atoms with van der Waals surface area (Å²) in [5.41, 5.74) is 2.44. The molecule has 2 N–H and O–H groups in total.